The third-order valence-electron chi connectivity index (χ3n) is 6.25. The first kappa shape index (κ1) is 21.2. The maximum absolute atomic E-state index is 6.10. The van der Waals surface area contributed by atoms with E-state index < -0.39 is 0 Å². The molecule has 0 radical (unpaired) electrons. The van der Waals surface area contributed by atoms with Crippen molar-refractivity contribution < 1.29 is 4.74 Å². The van der Waals surface area contributed by atoms with Gasteiger partial charge >= 0.3 is 0 Å². The van der Waals surface area contributed by atoms with E-state index in [1.165, 1.54) is 11.4 Å². The first-order valence-corrected chi connectivity index (χ1v) is 11.4. The molecule has 1 aliphatic heterocycles. The van der Waals surface area contributed by atoms with Gasteiger partial charge in [-0.3, -0.25) is 4.98 Å². The number of thiocarbonyl (C=S) groups is 1. The summed E-state index contributed by atoms with van der Waals surface area (Å²) in [7, 11) is 2.10. The molecule has 5 nitrogen and oxygen atoms in total. The average molecular weight is 455 g/mol. The molecule has 1 fully saturated rings. The molecule has 1 N–H and O–H groups in total. The number of nitrogens with one attached hydrogen (secondary N) is 1. The molecule has 2 aromatic heterocycles. The van der Waals surface area contributed by atoms with E-state index in [4.69, 9.17) is 17.0 Å². The lowest BCUT2D eigenvalue weighted by molar-refractivity contribution is 0.479. The Morgan fingerprint density at radius 2 is 1.67 bits per heavy atom. The van der Waals surface area contributed by atoms with Gasteiger partial charge in [0, 0.05) is 30.3 Å². The maximum Gasteiger partial charge on any atom is 0.174 e. The van der Waals surface area contributed by atoms with Crippen molar-refractivity contribution >= 4 is 23.0 Å². The van der Waals surface area contributed by atoms with Crippen LogP contribution >= 0.6 is 12.2 Å². The summed E-state index contributed by atoms with van der Waals surface area (Å²) in [6, 6.07) is 26.3. The SMILES string of the molecule is Cc1ccccc1Oc1ccc(N2C(=S)N[C@@H](c3ccccn3)[C@H]2c2ccc(C)n2C)cc1. The standard InChI is InChI=1S/C27H26N4OS/c1-18-8-4-5-10-24(18)32-21-14-12-20(13-15-21)31-26(23-16-11-19(2)30(23)3)25(29-27(31)33)22-9-6-7-17-28-22/h4-17,25-26H,1-3H3,(H,29,33)/t25-,26+/m0/s1. The van der Waals surface area contributed by atoms with Crippen LogP contribution in [0.5, 0.6) is 11.5 Å². The quantitative estimate of drug-likeness (QED) is 0.374. The van der Waals surface area contributed by atoms with E-state index in [9.17, 15) is 0 Å². The zero-order chi connectivity index (χ0) is 22.9. The first-order chi connectivity index (χ1) is 16.0. The van der Waals surface area contributed by atoms with Crippen LogP contribution in [0.4, 0.5) is 5.69 Å². The van der Waals surface area contributed by atoms with E-state index >= 15 is 0 Å². The van der Waals surface area contributed by atoms with Gasteiger partial charge in [0.15, 0.2) is 5.11 Å². The van der Waals surface area contributed by atoms with E-state index in [1.54, 1.807) is 0 Å². The van der Waals surface area contributed by atoms with Crippen LogP contribution in [0.2, 0.25) is 0 Å². The summed E-state index contributed by atoms with van der Waals surface area (Å²) in [5.41, 5.74) is 5.45. The number of aryl methyl sites for hydroxylation is 2. The second-order valence-corrected chi connectivity index (χ2v) is 8.70. The molecular formula is C27H26N4OS. The molecule has 0 saturated carbocycles. The van der Waals surface area contributed by atoms with Crippen molar-refractivity contribution in [1.82, 2.24) is 14.9 Å². The Labute approximate surface area is 199 Å². The number of hydrogen-bond donors (Lipinski definition) is 1. The Morgan fingerprint density at radius 3 is 2.33 bits per heavy atom. The van der Waals surface area contributed by atoms with Crippen molar-refractivity contribution in [2.45, 2.75) is 25.9 Å². The van der Waals surface area contributed by atoms with Crippen molar-refractivity contribution in [3.05, 3.63) is 108 Å². The molecule has 0 bridgehead atoms. The number of pyridine rings is 1. The third-order valence-corrected chi connectivity index (χ3v) is 6.56. The Kier molecular flexibility index (Phi) is 5.60. The summed E-state index contributed by atoms with van der Waals surface area (Å²) in [6.07, 6.45) is 1.83. The lowest BCUT2D eigenvalue weighted by Gasteiger charge is -2.28. The number of benzene rings is 2. The minimum absolute atomic E-state index is 0.0331. The molecule has 33 heavy (non-hydrogen) atoms. The summed E-state index contributed by atoms with van der Waals surface area (Å²) in [5, 5.41) is 4.20. The Hall–Kier alpha value is -3.64. The highest BCUT2D eigenvalue weighted by Gasteiger charge is 2.41. The molecule has 4 aromatic rings. The van der Waals surface area contributed by atoms with E-state index in [-0.39, 0.29) is 12.1 Å². The number of anilines is 1. The number of ether oxygens (including phenoxy) is 1. The topological polar surface area (TPSA) is 42.3 Å². The van der Waals surface area contributed by atoms with Crippen LogP contribution in [0.25, 0.3) is 0 Å². The van der Waals surface area contributed by atoms with Crippen molar-refractivity contribution in [1.29, 1.82) is 0 Å². The molecule has 3 heterocycles. The highest BCUT2D eigenvalue weighted by atomic mass is 32.1. The van der Waals surface area contributed by atoms with Gasteiger partial charge in [0.2, 0.25) is 0 Å². The van der Waals surface area contributed by atoms with Crippen molar-refractivity contribution in [2.75, 3.05) is 4.90 Å². The zero-order valence-corrected chi connectivity index (χ0v) is 19.7. The Morgan fingerprint density at radius 1 is 0.909 bits per heavy atom. The summed E-state index contributed by atoms with van der Waals surface area (Å²) in [5.74, 6) is 1.65. The summed E-state index contributed by atoms with van der Waals surface area (Å²) < 4.78 is 8.32. The Balaban J connectivity index is 1.51. The normalized spacial score (nSPS) is 17.8. The fourth-order valence-electron chi connectivity index (χ4n) is 4.34. The molecule has 0 spiro atoms. The van der Waals surface area contributed by atoms with Gasteiger partial charge in [-0.1, -0.05) is 24.3 Å². The minimum atomic E-state index is -0.0606. The summed E-state index contributed by atoms with van der Waals surface area (Å²) in [6.45, 7) is 4.16. The van der Waals surface area contributed by atoms with Gasteiger partial charge < -0.3 is 19.5 Å². The molecule has 0 aliphatic carbocycles. The Bertz CT molecular complexity index is 1280. The van der Waals surface area contributed by atoms with Gasteiger partial charge in [-0.05, 0) is 86.2 Å². The number of rotatable bonds is 5. The van der Waals surface area contributed by atoms with Crippen molar-refractivity contribution in [3.8, 4) is 11.5 Å². The van der Waals surface area contributed by atoms with Gasteiger partial charge in [0.25, 0.3) is 0 Å². The smallest absolute Gasteiger partial charge is 0.174 e. The van der Waals surface area contributed by atoms with Crippen molar-refractivity contribution in [2.24, 2.45) is 7.05 Å². The van der Waals surface area contributed by atoms with E-state index in [0.717, 1.165) is 28.4 Å². The summed E-state index contributed by atoms with van der Waals surface area (Å²) >= 11 is 5.83. The predicted octanol–water partition coefficient (Wildman–Crippen LogP) is 6.01. The molecular weight excluding hydrogens is 428 g/mol. The molecule has 2 atom stereocenters. The minimum Gasteiger partial charge on any atom is -0.457 e. The van der Waals surface area contributed by atoms with E-state index in [1.807, 2.05) is 67.7 Å². The van der Waals surface area contributed by atoms with E-state index in [0.29, 0.717) is 5.11 Å². The van der Waals surface area contributed by atoms with Crippen LogP contribution in [-0.4, -0.2) is 14.7 Å². The monoisotopic (exact) mass is 454 g/mol. The fraction of sp³-hybridized carbons (Fsp3) is 0.185. The van der Waals surface area contributed by atoms with Gasteiger partial charge in [-0.25, -0.2) is 0 Å². The van der Waals surface area contributed by atoms with E-state index in [2.05, 4.69) is 58.0 Å². The number of hydrogen-bond acceptors (Lipinski definition) is 3. The molecule has 1 saturated heterocycles. The highest BCUT2D eigenvalue weighted by Crippen LogP contribution is 2.42. The third kappa shape index (κ3) is 3.98. The average Bonchev–Trinajstić information content (AvgIpc) is 3.35. The molecule has 0 unspecified atom stereocenters. The van der Waals surface area contributed by atoms with Crippen LogP contribution in [0.3, 0.4) is 0 Å². The van der Waals surface area contributed by atoms with Crippen LogP contribution in [0.1, 0.15) is 34.7 Å². The van der Waals surface area contributed by atoms with Crippen molar-refractivity contribution in [3.63, 3.8) is 0 Å². The van der Waals surface area contributed by atoms with Crippen LogP contribution in [-0.2, 0) is 7.05 Å². The predicted molar refractivity (Wildman–Crippen MR) is 136 cm³/mol. The lowest BCUT2D eigenvalue weighted by Crippen LogP contribution is -2.30. The molecule has 6 heteroatoms. The molecule has 2 aromatic carbocycles. The van der Waals surface area contributed by atoms with Gasteiger partial charge in [0.05, 0.1) is 11.7 Å². The summed E-state index contributed by atoms with van der Waals surface area (Å²) in [4.78, 5) is 6.81. The lowest BCUT2D eigenvalue weighted by atomic mass is 10.0. The number of aromatic nitrogens is 2. The maximum atomic E-state index is 6.10. The molecule has 5 rings (SSSR count). The van der Waals surface area contributed by atoms with Crippen LogP contribution in [0.15, 0.2) is 85.1 Å². The van der Waals surface area contributed by atoms with Gasteiger partial charge in [-0.2, -0.15) is 0 Å². The second kappa shape index (κ2) is 8.71. The molecule has 1 aliphatic rings. The fourth-order valence-corrected chi connectivity index (χ4v) is 4.68. The highest BCUT2D eigenvalue weighted by molar-refractivity contribution is 7.80. The number of para-hydroxylation sites is 1. The molecule has 166 valence electrons. The zero-order valence-electron chi connectivity index (χ0n) is 18.9. The van der Waals surface area contributed by atoms with Gasteiger partial charge in [-0.15, -0.1) is 0 Å². The molecule has 0 amide bonds. The van der Waals surface area contributed by atoms with Crippen LogP contribution < -0.4 is 15.0 Å². The van der Waals surface area contributed by atoms with Crippen LogP contribution in [0, 0.1) is 13.8 Å². The van der Waals surface area contributed by atoms with Gasteiger partial charge in [0.1, 0.15) is 17.5 Å². The number of nitrogens with zero attached hydrogens (tertiary/aromatic N) is 3. The second-order valence-electron chi connectivity index (χ2n) is 8.32. The largest absolute Gasteiger partial charge is 0.457 e. The first-order valence-electron chi connectivity index (χ1n) is 11.0.